The molecule has 5 nitrogen and oxygen atoms in total. The first-order valence-electron chi connectivity index (χ1n) is 9.38. The molecule has 0 aliphatic rings. The fourth-order valence-electron chi connectivity index (χ4n) is 3.30. The van der Waals surface area contributed by atoms with Gasteiger partial charge in [-0.3, -0.25) is 0 Å². The van der Waals surface area contributed by atoms with Crippen molar-refractivity contribution < 1.29 is 8.42 Å². The zero-order chi connectivity index (χ0) is 19.9. The first kappa shape index (κ1) is 19.5. The molecule has 0 spiro atoms. The van der Waals surface area contributed by atoms with Crippen molar-refractivity contribution in [3.05, 3.63) is 53.1 Å². The summed E-state index contributed by atoms with van der Waals surface area (Å²) >= 11 is 0. The third kappa shape index (κ3) is 3.38. The van der Waals surface area contributed by atoms with Crippen LogP contribution in [0, 0.1) is 0 Å². The molecule has 2 aromatic carbocycles. The van der Waals surface area contributed by atoms with E-state index in [0.29, 0.717) is 21.8 Å². The highest BCUT2D eigenvalue weighted by Crippen LogP contribution is 2.36. The highest BCUT2D eigenvalue weighted by atomic mass is 32.2. The van der Waals surface area contributed by atoms with Gasteiger partial charge in [0.05, 0.1) is 4.90 Å². The minimum absolute atomic E-state index is 0.0701. The van der Waals surface area contributed by atoms with Crippen LogP contribution in [-0.4, -0.2) is 22.8 Å². The molecule has 0 radical (unpaired) electrons. The average Bonchev–Trinajstić information content (AvgIpc) is 3.05. The zero-order valence-electron chi connectivity index (χ0n) is 16.8. The second-order valence-corrected chi connectivity index (χ2v) is 9.62. The van der Waals surface area contributed by atoms with E-state index in [9.17, 15) is 8.42 Å². The van der Waals surface area contributed by atoms with Gasteiger partial charge in [-0.2, -0.15) is 8.42 Å². The van der Waals surface area contributed by atoms with Crippen molar-refractivity contribution >= 4 is 21.1 Å². The maximum absolute atomic E-state index is 13.7. The van der Waals surface area contributed by atoms with E-state index in [0.717, 1.165) is 20.8 Å². The molecule has 0 N–H and O–H groups in total. The monoisotopic (exact) mass is 385 g/mol. The molecule has 0 fully saturated rings. The van der Waals surface area contributed by atoms with Gasteiger partial charge >= 0.3 is 0 Å². The molecule has 0 amide bonds. The molecule has 0 bridgehead atoms. The van der Waals surface area contributed by atoms with Crippen molar-refractivity contribution in [3.8, 4) is 0 Å². The molecule has 144 valence electrons. The second kappa shape index (κ2) is 7.08. The predicted octanol–water partition coefficient (Wildman–Crippen LogP) is 5.04. The Hall–Kier alpha value is -2.21. The lowest BCUT2D eigenvalue weighted by molar-refractivity contribution is 0.574. The van der Waals surface area contributed by atoms with Gasteiger partial charge in [0.2, 0.25) is 0 Å². The van der Waals surface area contributed by atoms with Gasteiger partial charge in [0.1, 0.15) is 11.0 Å². The molecule has 0 saturated heterocycles. The Balaban J connectivity index is 2.38. The van der Waals surface area contributed by atoms with E-state index in [-0.39, 0.29) is 11.8 Å². The Morgan fingerprint density at radius 2 is 1.41 bits per heavy atom. The fourth-order valence-corrected chi connectivity index (χ4v) is 5.20. The van der Waals surface area contributed by atoms with Crippen molar-refractivity contribution in [2.24, 2.45) is 0 Å². The van der Waals surface area contributed by atoms with Gasteiger partial charge in [0.15, 0.2) is 0 Å². The molecule has 6 heteroatoms. The van der Waals surface area contributed by atoms with Gasteiger partial charge in [0.25, 0.3) is 10.0 Å². The Kier molecular flexibility index (Phi) is 5.12. The van der Waals surface area contributed by atoms with Gasteiger partial charge in [0, 0.05) is 0 Å². The molecule has 1 heterocycles. The van der Waals surface area contributed by atoms with Gasteiger partial charge in [-0.25, -0.2) is 0 Å². The highest BCUT2D eigenvalue weighted by molar-refractivity contribution is 7.90. The van der Waals surface area contributed by atoms with Crippen LogP contribution in [0.5, 0.6) is 0 Å². The van der Waals surface area contributed by atoms with Crippen LogP contribution in [0.4, 0.5) is 0 Å². The first-order chi connectivity index (χ1) is 12.6. The molecule has 3 rings (SSSR count). The van der Waals surface area contributed by atoms with Crippen molar-refractivity contribution in [1.82, 2.24) is 14.4 Å². The number of para-hydroxylation sites is 1. The number of hydrogen-bond acceptors (Lipinski definition) is 4. The standard InChI is InChI=1S/C21H27N3O2S/c1-13(2)16-11-17(14(3)4)21(18(12-16)15(5)6)27(25,26)24-20-10-8-7-9-19(20)22-23-24/h7-15H,1-6H3. The van der Waals surface area contributed by atoms with E-state index in [1.165, 1.54) is 0 Å². The van der Waals surface area contributed by atoms with Crippen LogP contribution in [0.3, 0.4) is 0 Å². The molecular weight excluding hydrogens is 358 g/mol. The smallest absolute Gasteiger partial charge is 0.199 e. The van der Waals surface area contributed by atoms with Gasteiger partial charge in [-0.05, 0) is 46.6 Å². The number of fused-ring (bicyclic) bond motifs is 1. The lowest BCUT2D eigenvalue weighted by atomic mass is 9.89. The van der Waals surface area contributed by atoms with Crippen molar-refractivity contribution in [1.29, 1.82) is 0 Å². The quantitative estimate of drug-likeness (QED) is 0.617. The van der Waals surface area contributed by atoms with Crippen molar-refractivity contribution in [2.75, 3.05) is 0 Å². The minimum Gasteiger partial charge on any atom is -0.199 e. The SMILES string of the molecule is CC(C)c1cc(C(C)C)c(S(=O)(=O)n2nnc3ccccc32)c(C(C)C)c1. The third-order valence-corrected chi connectivity index (χ3v) is 6.60. The summed E-state index contributed by atoms with van der Waals surface area (Å²) in [5.41, 5.74) is 3.89. The Bertz CT molecular complexity index is 1050. The van der Waals surface area contributed by atoms with Gasteiger partial charge < -0.3 is 0 Å². The lowest BCUT2D eigenvalue weighted by Crippen LogP contribution is -2.20. The average molecular weight is 386 g/mol. The molecule has 0 aliphatic heterocycles. The number of benzene rings is 2. The first-order valence-corrected chi connectivity index (χ1v) is 10.8. The molecule has 0 atom stereocenters. The number of hydrogen-bond donors (Lipinski definition) is 0. The Labute approximate surface area is 161 Å². The van der Waals surface area contributed by atoms with Crippen LogP contribution in [0.15, 0.2) is 41.3 Å². The molecule has 1 aromatic heterocycles. The summed E-state index contributed by atoms with van der Waals surface area (Å²) in [6.07, 6.45) is 0. The van der Waals surface area contributed by atoms with Crippen LogP contribution in [0.25, 0.3) is 11.0 Å². The van der Waals surface area contributed by atoms with Crippen molar-refractivity contribution in [2.45, 2.75) is 64.2 Å². The number of nitrogens with zero attached hydrogens (tertiary/aromatic N) is 3. The summed E-state index contributed by atoms with van der Waals surface area (Å²) in [4.78, 5) is 0.368. The van der Waals surface area contributed by atoms with Crippen LogP contribution in [0.1, 0.15) is 76.0 Å². The van der Waals surface area contributed by atoms with E-state index in [4.69, 9.17) is 0 Å². The summed E-state index contributed by atoms with van der Waals surface area (Å²) in [6.45, 7) is 12.4. The van der Waals surface area contributed by atoms with Crippen LogP contribution in [-0.2, 0) is 10.0 Å². The fraction of sp³-hybridized carbons (Fsp3) is 0.429. The number of aromatic nitrogens is 3. The summed E-state index contributed by atoms with van der Waals surface area (Å²) in [5.74, 6) is 0.463. The molecular formula is C21H27N3O2S. The summed E-state index contributed by atoms with van der Waals surface area (Å²) in [5, 5.41) is 8.02. The Morgan fingerprint density at radius 1 is 0.852 bits per heavy atom. The van der Waals surface area contributed by atoms with Crippen LogP contribution < -0.4 is 0 Å². The van der Waals surface area contributed by atoms with E-state index >= 15 is 0 Å². The third-order valence-electron chi connectivity index (χ3n) is 4.89. The van der Waals surface area contributed by atoms with E-state index in [1.54, 1.807) is 18.2 Å². The van der Waals surface area contributed by atoms with Gasteiger partial charge in [-0.1, -0.05) is 71.0 Å². The van der Waals surface area contributed by atoms with Crippen LogP contribution in [0.2, 0.25) is 0 Å². The van der Waals surface area contributed by atoms with Gasteiger partial charge in [-0.15, -0.1) is 9.19 Å². The topological polar surface area (TPSA) is 64.8 Å². The minimum atomic E-state index is -3.87. The van der Waals surface area contributed by atoms with E-state index in [2.05, 4.69) is 24.2 Å². The summed E-state index contributed by atoms with van der Waals surface area (Å²) in [7, 11) is -3.87. The largest absolute Gasteiger partial charge is 0.285 e. The second-order valence-electron chi connectivity index (χ2n) is 7.92. The predicted molar refractivity (Wildman–Crippen MR) is 109 cm³/mol. The van der Waals surface area contributed by atoms with Crippen LogP contribution >= 0.6 is 0 Å². The zero-order valence-corrected chi connectivity index (χ0v) is 17.6. The molecule has 0 unspecified atom stereocenters. The van der Waals surface area contributed by atoms with E-state index in [1.807, 2.05) is 45.9 Å². The normalized spacial score (nSPS) is 12.6. The van der Waals surface area contributed by atoms with E-state index < -0.39 is 10.0 Å². The molecule has 27 heavy (non-hydrogen) atoms. The Morgan fingerprint density at radius 3 is 1.93 bits per heavy atom. The maximum Gasteiger partial charge on any atom is 0.285 e. The maximum atomic E-state index is 13.7. The van der Waals surface area contributed by atoms with Crippen molar-refractivity contribution in [3.63, 3.8) is 0 Å². The molecule has 0 aliphatic carbocycles. The highest BCUT2D eigenvalue weighted by Gasteiger charge is 2.30. The number of rotatable bonds is 5. The summed E-state index contributed by atoms with van der Waals surface area (Å²) in [6, 6.07) is 11.2. The summed E-state index contributed by atoms with van der Waals surface area (Å²) < 4.78 is 28.5. The lowest BCUT2D eigenvalue weighted by Gasteiger charge is -2.22. The molecule has 3 aromatic rings. The molecule has 0 saturated carbocycles.